The molecule has 0 saturated heterocycles. The highest BCUT2D eigenvalue weighted by atomic mass is 35.5. The van der Waals surface area contributed by atoms with Gasteiger partial charge in [-0.1, -0.05) is 29.8 Å². The summed E-state index contributed by atoms with van der Waals surface area (Å²) in [4.78, 5) is 11.6. The highest BCUT2D eigenvalue weighted by Gasteiger charge is 2.12. The fraction of sp³-hybridized carbons (Fsp3) is 0. The number of nitrogens with zero attached hydrogens (tertiary/aromatic N) is 1. The van der Waals surface area contributed by atoms with E-state index in [0.29, 0.717) is 16.3 Å². The maximum Gasteiger partial charge on any atom is 0.187 e. The lowest BCUT2D eigenvalue weighted by atomic mass is 10.1. The SMILES string of the molecule is C=CC(=O)c1cc(Cl)ccc1N(N)/C=C(\N)Cl. The van der Waals surface area contributed by atoms with Crippen LogP contribution in [0.25, 0.3) is 0 Å². The molecule has 4 N–H and O–H groups in total. The summed E-state index contributed by atoms with van der Waals surface area (Å²) in [5.74, 6) is 5.41. The monoisotopic (exact) mass is 271 g/mol. The molecule has 0 unspecified atom stereocenters. The molecule has 0 aromatic heterocycles. The fourth-order valence-corrected chi connectivity index (χ4v) is 1.52. The minimum atomic E-state index is -0.292. The van der Waals surface area contributed by atoms with Gasteiger partial charge < -0.3 is 5.73 Å². The van der Waals surface area contributed by atoms with E-state index in [2.05, 4.69) is 6.58 Å². The first-order chi connectivity index (χ1) is 7.95. The van der Waals surface area contributed by atoms with Crippen LogP contribution < -0.4 is 16.6 Å². The molecule has 0 spiro atoms. The van der Waals surface area contributed by atoms with E-state index in [0.717, 1.165) is 5.01 Å². The van der Waals surface area contributed by atoms with E-state index >= 15 is 0 Å². The van der Waals surface area contributed by atoms with Crippen molar-refractivity contribution in [2.24, 2.45) is 11.6 Å². The number of hydrogen-bond acceptors (Lipinski definition) is 4. The Kier molecular flexibility index (Phi) is 4.57. The second kappa shape index (κ2) is 5.72. The number of hydrogen-bond donors (Lipinski definition) is 2. The third kappa shape index (κ3) is 3.49. The Morgan fingerprint density at radius 2 is 2.12 bits per heavy atom. The molecule has 1 aromatic carbocycles. The predicted molar refractivity (Wildman–Crippen MR) is 70.8 cm³/mol. The normalized spacial score (nSPS) is 11.1. The van der Waals surface area contributed by atoms with E-state index in [1.807, 2.05) is 0 Å². The minimum Gasteiger partial charge on any atom is -0.388 e. The lowest BCUT2D eigenvalue weighted by molar-refractivity contribution is 0.104. The molecule has 0 aliphatic heterocycles. The zero-order valence-electron chi connectivity index (χ0n) is 8.86. The number of carbonyl (C=O) groups excluding carboxylic acids is 1. The minimum absolute atomic E-state index is 0.000507. The molecule has 0 fully saturated rings. The van der Waals surface area contributed by atoms with Gasteiger partial charge in [0.1, 0.15) is 5.16 Å². The molecule has 1 rings (SSSR count). The van der Waals surface area contributed by atoms with E-state index < -0.39 is 0 Å². The predicted octanol–water partition coefficient (Wildman–Crippen LogP) is 2.39. The van der Waals surface area contributed by atoms with Crippen LogP contribution in [0.3, 0.4) is 0 Å². The Labute approximate surface area is 109 Å². The summed E-state index contributed by atoms with van der Waals surface area (Å²) in [6.07, 6.45) is 2.46. The summed E-state index contributed by atoms with van der Waals surface area (Å²) < 4.78 is 0. The largest absolute Gasteiger partial charge is 0.388 e. The van der Waals surface area contributed by atoms with E-state index in [9.17, 15) is 4.79 Å². The molecule has 0 aliphatic carbocycles. The van der Waals surface area contributed by atoms with Gasteiger partial charge in [0, 0.05) is 10.6 Å². The van der Waals surface area contributed by atoms with Gasteiger partial charge in [0.25, 0.3) is 0 Å². The summed E-state index contributed by atoms with van der Waals surface area (Å²) >= 11 is 11.3. The maximum absolute atomic E-state index is 11.6. The van der Waals surface area contributed by atoms with Crippen LogP contribution in [-0.2, 0) is 0 Å². The average Bonchev–Trinajstić information content (AvgIpc) is 2.26. The lowest BCUT2D eigenvalue weighted by Gasteiger charge is -2.17. The van der Waals surface area contributed by atoms with Crippen LogP contribution in [0, 0.1) is 0 Å². The first kappa shape index (κ1) is 13.6. The highest BCUT2D eigenvalue weighted by molar-refractivity contribution is 6.31. The number of nitrogens with two attached hydrogens (primary N) is 2. The van der Waals surface area contributed by atoms with Crippen molar-refractivity contribution in [3.05, 3.63) is 52.8 Å². The number of halogens is 2. The Morgan fingerprint density at radius 1 is 1.47 bits per heavy atom. The number of ketones is 1. The van der Waals surface area contributed by atoms with Crippen LogP contribution >= 0.6 is 23.2 Å². The zero-order valence-corrected chi connectivity index (χ0v) is 10.4. The molecule has 6 heteroatoms. The van der Waals surface area contributed by atoms with E-state index in [1.165, 1.54) is 18.3 Å². The molecule has 1 aromatic rings. The van der Waals surface area contributed by atoms with Crippen molar-refractivity contribution in [3.8, 4) is 0 Å². The van der Waals surface area contributed by atoms with Gasteiger partial charge in [0.15, 0.2) is 5.78 Å². The zero-order chi connectivity index (χ0) is 13.0. The van der Waals surface area contributed by atoms with Gasteiger partial charge in [0.05, 0.1) is 11.9 Å². The molecule has 17 heavy (non-hydrogen) atoms. The van der Waals surface area contributed by atoms with E-state index in [-0.39, 0.29) is 10.9 Å². The number of carbonyl (C=O) groups is 1. The summed E-state index contributed by atoms with van der Waals surface area (Å²) in [6.45, 7) is 3.41. The third-order valence-electron chi connectivity index (χ3n) is 1.95. The molecule has 0 atom stereocenters. The van der Waals surface area contributed by atoms with Crippen LogP contribution in [0.1, 0.15) is 10.4 Å². The van der Waals surface area contributed by atoms with Crippen molar-refractivity contribution >= 4 is 34.7 Å². The number of anilines is 1. The molecule has 0 saturated carbocycles. The Bertz CT molecular complexity index is 482. The van der Waals surface area contributed by atoms with Crippen LogP contribution in [0.15, 0.2) is 42.2 Å². The summed E-state index contributed by atoms with van der Waals surface area (Å²) in [5, 5.41) is 1.57. The van der Waals surface area contributed by atoms with Gasteiger partial charge in [0.2, 0.25) is 0 Å². The molecule has 0 aliphatic rings. The number of allylic oxidation sites excluding steroid dienone is 1. The molecule has 0 heterocycles. The molecule has 90 valence electrons. The van der Waals surface area contributed by atoms with Gasteiger partial charge >= 0.3 is 0 Å². The third-order valence-corrected chi connectivity index (χ3v) is 2.28. The molecule has 0 radical (unpaired) electrons. The second-order valence-corrected chi connectivity index (χ2v) is 4.02. The molecule has 0 bridgehead atoms. The molecular formula is C11H11Cl2N3O. The standard InChI is InChI=1S/C11H11Cl2N3O/c1-2-10(17)8-5-7(12)3-4-9(8)16(15)6-11(13)14/h2-6H,1,14-15H2/b11-6-. The first-order valence-electron chi connectivity index (χ1n) is 4.58. The quantitative estimate of drug-likeness (QED) is 0.290. The Hall–Kier alpha value is -1.49. The average molecular weight is 272 g/mol. The Morgan fingerprint density at radius 3 is 2.65 bits per heavy atom. The van der Waals surface area contributed by atoms with Crippen molar-refractivity contribution in [1.29, 1.82) is 0 Å². The van der Waals surface area contributed by atoms with Crippen molar-refractivity contribution in [2.45, 2.75) is 0 Å². The van der Waals surface area contributed by atoms with Crippen molar-refractivity contribution in [2.75, 3.05) is 5.01 Å². The topological polar surface area (TPSA) is 72.3 Å². The molecule has 0 amide bonds. The lowest BCUT2D eigenvalue weighted by Crippen LogP contribution is -2.27. The van der Waals surface area contributed by atoms with Gasteiger partial charge in [-0.2, -0.15) is 0 Å². The van der Waals surface area contributed by atoms with Crippen molar-refractivity contribution in [1.82, 2.24) is 0 Å². The number of benzene rings is 1. The van der Waals surface area contributed by atoms with Crippen LogP contribution in [0.5, 0.6) is 0 Å². The highest BCUT2D eigenvalue weighted by Crippen LogP contribution is 2.24. The summed E-state index contributed by atoms with van der Waals surface area (Å²) in [7, 11) is 0. The molecule has 4 nitrogen and oxygen atoms in total. The van der Waals surface area contributed by atoms with Crippen molar-refractivity contribution < 1.29 is 4.79 Å². The van der Waals surface area contributed by atoms with Gasteiger partial charge in [-0.15, -0.1) is 0 Å². The second-order valence-electron chi connectivity index (χ2n) is 3.15. The summed E-state index contributed by atoms with van der Waals surface area (Å²) in [6, 6.07) is 4.70. The maximum atomic E-state index is 11.6. The van der Waals surface area contributed by atoms with Crippen LogP contribution in [0.4, 0.5) is 5.69 Å². The van der Waals surface area contributed by atoms with Crippen LogP contribution in [-0.4, -0.2) is 5.78 Å². The van der Waals surface area contributed by atoms with Crippen molar-refractivity contribution in [3.63, 3.8) is 0 Å². The Balaban J connectivity index is 3.28. The van der Waals surface area contributed by atoms with Crippen LogP contribution in [0.2, 0.25) is 5.02 Å². The van der Waals surface area contributed by atoms with Gasteiger partial charge in [-0.05, 0) is 24.3 Å². The fourth-order valence-electron chi connectivity index (χ4n) is 1.24. The van der Waals surface area contributed by atoms with E-state index in [4.69, 9.17) is 34.8 Å². The van der Waals surface area contributed by atoms with Gasteiger partial charge in [-0.3, -0.25) is 9.80 Å². The first-order valence-corrected chi connectivity index (χ1v) is 5.34. The van der Waals surface area contributed by atoms with Gasteiger partial charge in [-0.25, -0.2) is 5.84 Å². The number of hydrazine groups is 1. The molecular weight excluding hydrogens is 261 g/mol. The number of rotatable bonds is 4. The summed E-state index contributed by atoms with van der Waals surface area (Å²) in [5.41, 5.74) is 6.05. The van der Waals surface area contributed by atoms with E-state index in [1.54, 1.807) is 12.1 Å². The smallest absolute Gasteiger partial charge is 0.187 e.